The van der Waals surface area contributed by atoms with Gasteiger partial charge in [0, 0.05) is 21.9 Å². The van der Waals surface area contributed by atoms with Gasteiger partial charge in [0.15, 0.2) is 0 Å². The Bertz CT molecular complexity index is 785. The van der Waals surface area contributed by atoms with E-state index in [1.165, 1.54) is 3.57 Å². The lowest BCUT2D eigenvalue weighted by molar-refractivity contribution is 0.415. The van der Waals surface area contributed by atoms with Crippen LogP contribution in [0.4, 0.5) is 0 Å². The van der Waals surface area contributed by atoms with Crippen LogP contribution >= 0.6 is 34.2 Å². The van der Waals surface area contributed by atoms with Crippen LogP contribution in [-0.4, -0.2) is 22.5 Å². The van der Waals surface area contributed by atoms with Crippen molar-refractivity contribution in [2.45, 2.75) is 6.42 Å². The number of methoxy groups -OCH3 is 1. The quantitative estimate of drug-likeness (QED) is 0.468. The van der Waals surface area contributed by atoms with Crippen LogP contribution in [0, 0.1) is 3.57 Å². The second-order valence-corrected chi connectivity index (χ2v) is 6.15. The first-order valence-electron chi connectivity index (χ1n) is 6.61. The average Bonchev–Trinajstić information content (AvgIpc) is 2.85. The highest BCUT2D eigenvalue weighted by Gasteiger charge is 2.14. The molecule has 0 N–H and O–H groups in total. The Labute approximate surface area is 142 Å². The fourth-order valence-electron chi connectivity index (χ4n) is 2.39. The molecule has 0 spiro atoms. The lowest BCUT2D eigenvalue weighted by atomic mass is 10.2. The summed E-state index contributed by atoms with van der Waals surface area (Å²) in [6.07, 6.45) is 0.726. The van der Waals surface area contributed by atoms with Crippen molar-refractivity contribution in [3.8, 4) is 11.4 Å². The second-order valence-electron chi connectivity index (χ2n) is 4.61. The summed E-state index contributed by atoms with van der Waals surface area (Å²) >= 11 is 8.29. The Balaban J connectivity index is 2.28. The summed E-state index contributed by atoms with van der Waals surface area (Å²) in [6, 6.07) is 14.2. The molecule has 0 unspecified atom stereocenters. The van der Waals surface area contributed by atoms with Crippen molar-refractivity contribution in [2.24, 2.45) is 0 Å². The van der Waals surface area contributed by atoms with Crippen LogP contribution < -0.4 is 4.74 Å². The number of nitrogens with zero attached hydrogens (tertiary/aromatic N) is 2. The van der Waals surface area contributed by atoms with E-state index in [1.807, 2.05) is 30.3 Å². The van der Waals surface area contributed by atoms with Crippen molar-refractivity contribution >= 4 is 45.2 Å². The van der Waals surface area contributed by atoms with Gasteiger partial charge in [-0.1, -0.05) is 12.1 Å². The first-order chi connectivity index (χ1) is 10.2. The predicted octanol–water partition coefficient (Wildman–Crippen LogP) is 4.42. The van der Waals surface area contributed by atoms with E-state index in [2.05, 4.69) is 39.3 Å². The number of fused-ring (bicyclic) bond motifs is 1. The van der Waals surface area contributed by atoms with Gasteiger partial charge in [-0.3, -0.25) is 4.57 Å². The van der Waals surface area contributed by atoms with Crippen LogP contribution in [0.15, 0.2) is 42.5 Å². The molecular weight excluding hydrogens is 399 g/mol. The van der Waals surface area contributed by atoms with E-state index < -0.39 is 0 Å². The molecule has 2 aromatic carbocycles. The van der Waals surface area contributed by atoms with Crippen molar-refractivity contribution in [1.82, 2.24) is 9.55 Å². The minimum absolute atomic E-state index is 0.546. The summed E-state index contributed by atoms with van der Waals surface area (Å²) < 4.78 is 8.65. The molecule has 0 aliphatic heterocycles. The number of para-hydroxylation sites is 1. The van der Waals surface area contributed by atoms with Gasteiger partial charge in [-0.15, -0.1) is 11.6 Å². The summed E-state index contributed by atoms with van der Waals surface area (Å²) in [5.41, 5.74) is 3.13. The first-order valence-corrected chi connectivity index (χ1v) is 8.22. The molecule has 0 aliphatic carbocycles. The van der Waals surface area contributed by atoms with Crippen LogP contribution in [0.1, 0.15) is 5.82 Å². The van der Waals surface area contributed by atoms with E-state index in [1.54, 1.807) is 7.11 Å². The van der Waals surface area contributed by atoms with Gasteiger partial charge in [-0.2, -0.15) is 0 Å². The number of aromatic nitrogens is 2. The molecule has 3 nitrogen and oxygen atoms in total. The van der Waals surface area contributed by atoms with Crippen LogP contribution in [0.3, 0.4) is 0 Å². The molecule has 0 bridgehead atoms. The summed E-state index contributed by atoms with van der Waals surface area (Å²) in [7, 11) is 1.66. The van der Waals surface area contributed by atoms with Crippen molar-refractivity contribution in [1.29, 1.82) is 0 Å². The van der Waals surface area contributed by atoms with Gasteiger partial charge in [0.25, 0.3) is 0 Å². The molecule has 3 rings (SSSR count). The molecule has 5 heteroatoms. The van der Waals surface area contributed by atoms with Crippen molar-refractivity contribution in [2.75, 3.05) is 13.0 Å². The molecule has 0 saturated carbocycles. The Kier molecular flexibility index (Phi) is 4.35. The number of alkyl halides is 1. The van der Waals surface area contributed by atoms with E-state index in [9.17, 15) is 0 Å². The zero-order chi connectivity index (χ0) is 14.8. The molecule has 0 fully saturated rings. The first kappa shape index (κ1) is 14.7. The van der Waals surface area contributed by atoms with Gasteiger partial charge in [0.1, 0.15) is 11.6 Å². The van der Waals surface area contributed by atoms with E-state index in [0.717, 1.165) is 34.7 Å². The minimum atomic E-state index is 0.546. The molecule has 0 radical (unpaired) electrons. The standard InChI is InChI=1S/C16H14ClIN2O/c1-21-11-6-7-15-13(10-11)19-16(8-9-17)20(15)14-5-3-2-4-12(14)18/h2-7,10H,8-9H2,1H3. The topological polar surface area (TPSA) is 27.1 Å². The Morgan fingerprint density at radius 2 is 2.05 bits per heavy atom. The van der Waals surface area contributed by atoms with Crippen LogP contribution in [0.5, 0.6) is 5.75 Å². The largest absolute Gasteiger partial charge is 0.497 e. The molecule has 0 saturated heterocycles. The van der Waals surface area contributed by atoms with Crippen molar-refractivity contribution < 1.29 is 4.74 Å². The number of halogens is 2. The monoisotopic (exact) mass is 412 g/mol. The van der Waals surface area contributed by atoms with Gasteiger partial charge < -0.3 is 4.74 Å². The van der Waals surface area contributed by atoms with Crippen molar-refractivity contribution in [3.63, 3.8) is 0 Å². The van der Waals surface area contributed by atoms with Gasteiger partial charge in [0.05, 0.1) is 23.8 Å². The lowest BCUT2D eigenvalue weighted by Gasteiger charge is -2.10. The fourth-order valence-corrected chi connectivity index (χ4v) is 3.19. The third kappa shape index (κ3) is 2.74. The maximum atomic E-state index is 5.94. The van der Waals surface area contributed by atoms with Gasteiger partial charge in [-0.05, 0) is 46.9 Å². The third-order valence-electron chi connectivity index (χ3n) is 3.34. The van der Waals surface area contributed by atoms with Gasteiger partial charge in [-0.25, -0.2) is 4.98 Å². The number of rotatable bonds is 4. The van der Waals surface area contributed by atoms with E-state index >= 15 is 0 Å². The minimum Gasteiger partial charge on any atom is -0.497 e. The van der Waals surface area contributed by atoms with Crippen LogP contribution in [-0.2, 0) is 6.42 Å². The molecule has 3 aromatic rings. The van der Waals surface area contributed by atoms with Crippen molar-refractivity contribution in [3.05, 3.63) is 51.9 Å². The number of imidazole rings is 1. The Hall–Kier alpha value is -1.27. The molecule has 0 amide bonds. The number of aryl methyl sites for hydroxylation is 1. The molecule has 1 aromatic heterocycles. The number of hydrogen-bond donors (Lipinski definition) is 0. The summed E-state index contributed by atoms with van der Waals surface area (Å²) in [5, 5.41) is 0. The smallest absolute Gasteiger partial charge is 0.121 e. The van der Waals surface area contributed by atoms with E-state index in [4.69, 9.17) is 21.3 Å². The number of hydrogen-bond acceptors (Lipinski definition) is 2. The van der Waals surface area contributed by atoms with Gasteiger partial charge in [0.2, 0.25) is 0 Å². The third-order valence-corrected chi connectivity index (χ3v) is 4.44. The Morgan fingerprint density at radius 3 is 2.76 bits per heavy atom. The summed E-state index contributed by atoms with van der Waals surface area (Å²) in [5.74, 6) is 2.33. The van der Waals surface area contributed by atoms with E-state index in [0.29, 0.717) is 5.88 Å². The zero-order valence-corrected chi connectivity index (χ0v) is 14.4. The molecule has 0 aliphatic rings. The molecule has 0 atom stereocenters. The van der Waals surface area contributed by atoms with Crippen LogP contribution in [0.2, 0.25) is 0 Å². The highest BCUT2D eigenvalue weighted by molar-refractivity contribution is 14.1. The number of benzene rings is 2. The summed E-state index contributed by atoms with van der Waals surface area (Å²) in [6.45, 7) is 0. The second kappa shape index (κ2) is 6.23. The normalized spacial score (nSPS) is 11.0. The molecular formula is C16H14ClIN2O. The Morgan fingerprint density at radius 1 is 1.24 bits per heavy atom. The predicted molar refractivity (Wildman–Crippen MR) is 94.8 cm³/mol. The summed E-state index contributed by atoms with van der Waals surface area (Å²) in [4.78, 5) is 4.72. The average molecular weight is 413 g/mol. The lowest BCUT2D eigenvalue weighted by Crippen LogP contribution is -2.03. The highest BCUT2D eigenvalue weighted by Crippen LogP contribution is 2.27. The SMILES string of the molecule is COc1ccc2c(c1)nc(CCCl)n2-c1ccccc1I. The zero-order valence-electron chi connectivity index (χ0n) is 11.5. The number of ether oxygens (including phenoxy) is 1. The molecule has 108 valence electrons. The molecule has 1 heterocycles. The van der Waals surface area contributed by atoms with Crippen LogP contribution in [0.25, 0.3) is 16.7 Å². The fraction of sp³-hybridized carbons (Fsp3) is 0.188. The maximum Gasteiger partial charge on any atom is 0.121 e. The maximum absolute atomic E-state index is 5.94. The molecule has 21 heavy (non-hydrogen) atoms. The highest BCUT2D eigenvalue weighted by atomic mass is 127. The van der Waals surface area contributed by atoms with E-state index in [-0.39, 0.29) is 0 Å². The van der Waals surface area contributed by atoms with Gasteiger partial charge >= 0.3 is 0 Å².